The van der Waals surface area contributed by atoms with Gasteiger partial charge in [0.15, 0.2) is 22.4 Å². The van der Waals surface area contributed by atoms with Crippen LogP contribution in [0.25, 0.3) is 0 Å². The van der Waals surface area contributed by atoms with Gasteiger partial charge >= 0.3 is 0 Å². The molecule has 3 aromatic rings. The second-order valence-corrected chi connectivity index (χ2v) is 6.73. The molecule has 0 amide bonds. The van der Waals surface area contributed by atoms with Crippen molar-refractivity contribution in [3.8, 4) is 11.5 Å². The summed E-state index contributed by atoms with van der Waals surface area (Å²) in [6, 6.07) is 16.0. The SMILES string of the molecule is Cc1ccc(Cn2ccc(NC(=S)Nc3ccc4c(c3)OCCO4)n2)cc1. The fraction of sp³-hybridized carbons (Fsp3) is 0.200. The third-order valence-electron chi connectivity index (χ3n) is 4.15. The second-order valence-electron chi connectivity index (χ2n) is 6.32. The molecule has 138 valence electrons. The lowest BCUT2D eigenvalue weighted by atomic mass is 10.1. The van der Waals surface area contributed by atoms with E-state index >= 15 is 0 Å². The summed E-state index contributed by atoms with van der Waals surface area (Å²) in [7, 11) is 0. The standard InChI is InChI=1S/C20H20N4O2S/c1-14-2-4-15(5-3-14)13-24-9-8-19(23-24)22-20(27)21-16-6-7-17-18(12-16)26-11-10-25-17/h2-9,12H,10-11,13H2,1H3,(H2,21,22,23,27). The number of hydrogen-bond donors (Lipinski definition) is 2. The zero-order valence-electron chi connectivity index (χ0n) is 14.9. The molecular formula is C20H20N4O2S. The van der Waals surface area contributed by atoms with Crippen molar-refractivity contribution >= 4 is 28.8 Å². The van der Waals surface area contributed by atoms with Crippen molar-refractivity contribution in [2.24, 2.45) is 0 Å². The monoisotopic (exact) mass is 380 g/mol. The zero-order chi connectivity index (χ0) is 18.6. The average molecular weight is 380 g/mol. The molecule has 6 nitrogen and oxygen atoms in total. The van der Waals surface area contributed by atoms with Gasteiger partial charge in [-0.2, -0.15) is 5.10 Å². The lowest BCUT2D eigenvalue weighted by molar-refractivity contribution is 0.171. The summed E-state index contributed by atoms with van der Waals surface area (Å²) >= 11 is 5.38. The number of hydrogen-bond acceptors (Lipinski definition) is 4. The molecule has 7 heteroatoms. The molecule has 1 aliphatic rings. The predicted molar refractivity (Wildman–Crippen MR) is 110 cm³/mol. The molecule has 0 saturated heterocycles. The maximum absolute atomic E-state index is 5.59. The van der Waals surface area contributed by atoms with E-state index in [9.17, 15) is 0 Å². The molecule has 2 N–H and O–H groups in total. The van der Waals surface area contributed by atoms with Gasteiger partial charge in [0.05, 0.1) is 6.54 Å². The number of anilines is 2. The van der Waals surface area contributed by atoms with Crippen LogP contribution in [0.2, 0.25) is 0 Å². The normalized spacial score (nSPS) is 12.5. The number of rotatable bonds is 4. The Labute approximate surface area is 163 Å². The van der Waals surface area contributed by atoms with Crippen LogP contribution in [0, 0.1) is 6.92 Å². The minimum Gasteiger partial charge on any atom is -0.486 e. The fourth-order valence-electron chi connectivity index (χ4n) is 2.80. The van der Waals surface area contributed by atoms with Gasteiger partial charge < -0.3 is 20.1 Å². The summed E-state index contributed by atoms with van der Waals surface area (Å²) in [6.07, 6.45) is 1.93. The number of aromatic nitrogens is 2. The van der Waals surface area contributed by atoms with E-state index in [1.807, 2.05) is 35.1 Å². The summed E-state index contributed by atoms with van der Waals surface area (Å²) in [5.74, 6) is 2.16. The molecule has 2 heterocycles. The van der Waals surface area contributed by atoms with Crippen molar-refractivity contribution in [2.45, 2.75) is 13.5 Å². The summed E-state index contributed by atoms with van der Waals surface area (Å²) < 4.78 is 13.0. The highest BCUT2D eigenvalue weighted by Gasteiger charge is 2.12. The molecule has 0 unspecified atom stereocenters. The van der Waals surface area contributed by atoms with Gasteiger partial charge in [-0.3, -0.25) is 4.68 Å². The van der Waals surface area contributed by atoms with Crippen LogP contribution in [0.5, 0.6) is 11.5 Å². The maximum atomic E-state index is 5.59. The lowest BCUT2D eigenvalue weighted by Gasteiger charge is -2.19. The van der Waals surface area contributed by atoms with Crippen LogP contribution in [0.15, 0.2) is 54.7 Å². The van der Waals surface area contributed by atoms with Gasteiger partial charge in [-0.15, -0.1) is 0 Å². The van der Waals surface area contributed by atoms with E-state index in [0.717, 1.165) is 17.2 Å². The minimum absolute atomic E-state index is 0.465. The van der Waals surface area contributed by atoms with E-state index in [1.165, 1.54) is 11.1 Å². The fourth-order valence-corrected chi connectivity index (χ4v) is 3.02. The molecule has 0 aliphatic carbocycles. The van der Waals surface area contributed by atoms with Gasteiger partial charge in [-0.05, 0) is 36.8 Å². The molecule has 1 aromatic heterocycles. The number of nitrogens with zero attached hydrogens (tertiary/aromatic N) is 2. The Balaban J connectivity index is 1.36. The molecule has 0 radical (unpaired) electrons. The van der Waals surface area contributed by atoms with Crippen molar-refractivity contribution < 1.29 is 9.47 Å². The quantitative estimate of drug-likeness (QED) is 0.671. The molecule has 27 heavy (non-hydrogen) atoms. The van der Waals surface area contributed by atoms with Crippen LogP contribution in [0.1, 0.15) is 11.1 Å². The van der Waals surface area contributed by atoms with E-state index in [4.69, 9.17) is 21.7 Å². The van der Waals surface area contributed by atoms with Crippen molar-refractivity contribution in [1.82, 2.24) is 9.78 Å². The van der Waals surface area contributed by atoms with Gasteiger partial charge in [-0.25, -0.2) is 0 Å². The van der Waals surface area contributed by atoms with Crippen LogP contribution in [-0.2, 0) is 6.54 Å². The lowest BCUT2D eigenvalue weighted by Crippen LogP contribution is -2.20. The summed E-state index contributed by atoms with van der Waals surface area (Å²) in [6.45, 7) is 3.92. The molecule has 0 atom stereocenters. The van der Waals surface area contributed by atoms with Crippen molar-refractivity contribution in [2.75, 3.05) is 23.8 Å². The number of thiocarbonyl (C=S) groups is 1. The number of nitrogens with one attached hydrogen (secondary N) is 2. The highest BCUT2D eigenvalue weighted by molar-refractivity contribution is 7.80. The number of fused-ring (bicyclic) bond motifs is 1. The summed E-state index contributed by atoms with van der Waals surface area (Å²) in [4.78, 5) is 0. The van der Waals surface area contributed by atoms with Crippen LogP contribution in [0.3, 0.4) is 0 Å². The average Bonchev–Trinajstić information content (AvgIpc) is 3.10. The minimum atomic E-state index is 0.465. The molecule has 1 aliphatic heterocycles. The Hall–Kier alpha value is -3.06. The van der Waals surface area contributed by atoms with Gasteiger partial charge in [0.25, 0.3) is 0 Å². The summed E-state index contributed by atoms with van der Waals surface area (Å²) in [5, 5.41) is 11.2. The highest BCUT2D eigenvalue weighted by Crippen LogP contribution is 2.32. The van der Waals surface area contributed by atoms with Gasteiger partial charge in [0, 0.05) is 24.0 Å². The van der Waals surface area contributed by atoms with E-state index in [2.05, 4.69) is 46.9 Å². The first kappa shape index (κ1) is 17.4. The molecule has 0 saturated carbocycles. The van der Waals surface area contributed by atoms with Crippen LogP contribution in [-0.4, -0.2) is 28.1 Å². The molecule has 0 spiro atoms. The largest absolute Gasteiger partial charge is 0.486 e. The Morgan fingerprint density at radius 2 is 1.81 bits per heavy atom. The van der Waals surface area contributed by atoms with Crippen LogP contribution >= 0.6 is 12.2 Å². The van der Waals surface area contributed by atoms with E-state index in [0.29, 0.717) is 30.7 Å². The van der Waals surface area contributed by atoms with Crippen molar-refractivity contribution in [1.29, 1.82) is 0 Å². The van der Waals surface area contributed by atoms with Gasteiger partial charge in [-0.1, -0.05) is 29.8 Å². The number of benzene rings is 2. The van der Waals surface area contributed by atoms with Crippen molar-refractivity contribution in [3.63, 3.8) is 0 Å². The number of aryl methyl sites for hydroxylation is 1. The third kappa shape index (κ3) is 4.38. The van der Waals surface area contributed by atoms with E-state index in [-0.39, 0.29) is 0 Å². The summed E-state index contributed by atoms with van der Waals surface area (Å²) in [5.41, 5.74) is 3.28. The third-order valence-corrected chi connectivity index (χ3v) is 4.35. The van der Waals surface area contributed by atoms with Crippen LogP contribution < -0.4 is 20.1 Å². The maximum Gasteiger partial charge on any atom is 0.176 e. The Morgan fingerprint density at radius 1 is 1.04 bits per heavy atom. The number of ether oxygens (including phenoxy) is 2. The first-order chi connectivity index (χ1) is 13.2. The molecule has 2 aromatic carbocycles. The topological polar surface area (TPSA) is 60.3 Å². The van der Waals surface area contributed by atoms with Gasteiger partial charge in [0.2, 0.25) is 0 Å². The Bertz CT molecular complexity index is 953. The second kappa shape index (κ2) is 7.67. The van der Waals surface area contributed by atoms with E-state index in [1.54, 1.807) is 0 Å². The van der Waals surface area contributed by atoms with Gasteiger partial charge in [0.1, 0.15) is 13.2 Å². The first-order valence-corrected chi connectivity index (χ1v) is 9.13. The van der Waals surface area contributed by atoms with E-state index < -0.39 is 0 Å². The molecule has 4 rings (SSSR count). The highest BCUT2D eigenvalue weighted by atomic mass is 32.1. The molecular weight excluding hydrogens is 360 g/mol. The zero-order valence-corrected chi connectivity index (χ0v) is 15.8. The predicted octanol–water partition coefficient (Wildman–Crippen LogP) is 3.82. The Kier molecular flexibility index (Phi) is 4.93. The van der Waals surface area contributed by atoms with Crippen LogP contribution in [0.4, 0.5) is 11.5 Å². The smallest absolute Gasteiger partial charge is 0.176 e. The van der Waals surface area contributed by atoms with Crippen molar-refractivity contribution in [3.05, 3.63) is 65.9 Å². The molecule has 0 bridgehead atoms. The first-order valence-electron chi connectivity index (χ1n) is 8.72. The molecule has 0 fully saturated rings. The Morgan fingerprint density at radius 3 is 2.63 bits per heavy atom.